The third kappa shape index (κ3) is 4.86. The summed E-state index contributed by atoms with van der Waals surface area (Å²) in [5.41, 5.74) is 2.70. The maximum Gasteiger partial charge on any atom is 0.292 e. The number of fused-ring (bicyclic) bond motifs is 1. The van der Waals surface area contributed by atoms with E-state index in [1.54, 1.807) is 7.05 Å². The SMILES string of the molecule is C=C(Cc1c[nH]c2ccccc12)NC(=O)C(=C)OC(=NC)N1CCN(C)C(C)C1. The van der Waals surface area contributed by atoms with Crippen LogP contribution >= 0.6 is 0 Å². The molecule has 0 spiro atoms. The van der Waals surface area contributed by atoms with E-state index in [-0.39, 0.29) is 5.76 Å². The number of ether oxygens (including phenoxy) is 1. The summed E-state index contributed by atoms with van der Waals surface area (Å²) in [7, 11) is 3.75. The van der Waals surface area contributed by atoms with E-state index in [0.29, 0.717) is 24.2 Å². The van der Waals surface area contributed by atoms with E-state index in [2.05, 4.69) is 47.3 Å². The van der Waals surface area contributed by atoms with Crippen molar-refractivity contribution in [2.75, 3.05) is 33.7 Å². The highest BCUT2D eigenvalue weighted by Crippen LogP contribution is 2.19. The van der Waals surface area contributed by atoms with Crippen LogP contribution in [0.15, 0.2) is 60.1 Å². The molecule has 1 aromatic heterocycles. The zero-order chi connectivity index (χ0) is 21.0. The lowest BCUT2D eigenvalue weighted by molar-refractivity contribution is -0.119. The summed E-state index contributed by atoms with van der Waals surface area (Å²) in [4.78, 5) is 24.2. The number of nitrogens with one attached hydrogen (secondary N) is 2. The van der Waals surface area contributed by atoms with Gasteiger partial charge in [-0.1, -0.05) is 31.4 Å². The van der Waals surface area contributed by atoms with Crippen molar-refractivity contribution < 1.29 is 9.53 Å². The number of para-hydroxylation sites is 1. The minimum Gasteiger partial charge on any atom is -0.421 e. The van der Waals surface area contributed by atoms with Crippen LogP contribution < -0.4 is 5.32 Å². The summed E-state index contributed by atoms with van der Waals surface area (Å²) in [5.74, 6) is -0.421. The number of amides is 1. The molecule has 1 aliphatic heterocycles. The van der Waals surface area contributed by atoms with Crippen molar-refractivity contribution in [1.82, 2.24) is 20.1 Å². The van der Waals surface area contributed by atoms with Gasteiger partial charge in [-0.2, -0.15) is 0 Å². The fourth-order valence-electron chi connectivity index (χ4n) is 3.41. The molecule has 0 saturated carbocycles. The summed E-state index contributed by atoms with van der Waals surface area (Å²) < 4.78 is 5.69. The van der Waals surface area contributed by atoms with E-state index in [4.69, 9.17) is 4.74 Å². The Bertz CT molecular complexity index is 946. The monoisotopic (exact) mass is 395 g/mol. The average molecular weight is 396 g/mol. The average Bonchev–Trinajstić information content (AvgIpc) is 3.11. The normalized spacial score (nSPS) is 18.0. The number of H-pyrrole nitrogens is 1. The Morgan fingerprint density at radius 1 is 1.34 bits per heavy atom. The van der Waals surface area contributed by atoms with Gasteiger partial charge in [-0.25, -0.2) is 4.99 Å². The van der Waals surface area contributed by atoms with Gasteiger partial charge in [0.25, 0.3) is 11.9 Å². The number of rotatable bonds is 5. The number of aromatic amines is 1. The van der Waals surface area contributed by atoms with Crippen LogP contribution in [0.3, 0.4) is 0 Å². The molecule has 1 atom stereocenters. The highest BCUT2D eigenvalue weighted by molar-refractivity contribution is 5.95. The highest BCUT2D eigenvalue weighted by atomic mass is 16.5. The number of allylic oxidation sites excluding steroid dienone is 1. The van der Waals surface area contributed by atoms with Gasteiger partial charge < -0.3 is 24.8 Å². The van der Waals surface area contributed by atoms with Gasteiger partial charge in [-0.15, -0.1) is 0 Å². The molecule has 1 unspecified atom stereocenters. The molecule has 1 aliphatic rings. The second kappa shape index (κ2) is 8.96. The van der Waals surface area contributed by atoms with Gasteiger partial charge in [0.2, 0.25) is 0 Å². The van der Waals surface area contributed by atoms with E-state index in [9.17, 15) is 4.79 Å². The van der Waals surface area contributed by atoms with E-state index >= 15 is 0 Å². The first-order valence-electron chi connectivity index (χ1n) is 9.72. The summed E-state index contributed by atoms with van der Waals surface area (Å²) >= 11 is 0. The van der Waals surface area contributed by atoms with Crippen LogP contribution in [0.5, 0.6) is 0 Å². The summed E-state index contributed by atoms with van der Waals surface area (Å²) in [6, 6.07) is 8.81. The number of piperazine rings is 1. The van der Waals surface area contributed by atoms with Crippen molar-refractivity contribution in [3.8, 4) is 0 Å². The van der Waals surface area contributed by atoms with Crippen LogP contribution in [-0.4, -0.2) is 66.5 Å². The lowest BCUT2D eigenvalue weighted by Gasteiger charge is -2.38. The zero-order valence-corrected chi connectivity index (χ0v) is 17.4. The molecule has 0 aliphatic carbocycles. The molecule has 1 saturated heterocycles. The molecular formula is C22H29N5O2. The number of hydrogen-bond acceptors (Lipinski definition) is 4. The first-order chi connectivity index (χ1) is 13.9. The molecule has 2 N–H and O–H groups in total. The molecule has 2 heterocycles. The molecule has 0 bridgehead atoms. The van der Waals surface area contributed by atoms with Gasteiger partial charge in [-0.3, -0.25) is 4.79 Å². The molecule has 0 radical (unpaired) electrons. The molecule has 1 aromatic carbocycles. The van der Waals surface area contributed by atoms with Crippen LogP contribution in [0.2, 0.25) is 0 Å². The maximum absolute atomic E-state index is 12.5. The Morgan fingerprint density at radius 2 is 2.10 bits per heavy atom. The van der Waals surface area contributed by atoms with Gasteiger partial charge in [-0.05, 0) is 25.6 Å². The molecule has 7 nitrogen and oxygen atoms in total. The predicted molar refractivity (Wildman–Crippen MR) is 117 cm³/mol. The number of likely N-dealkylation sites (N-methyl/N-ethyl adjacent to an activating group) is 1. The first-order valence-corrected chi connectivity index (χ1v) is 9.72. The minimum absolute atomic E-state index is 0.00254. The van der Waals surface area contributed by atoms with Gasteiger partial charge in [0, 0.05) is 61.9 Å². The fourth-order valence-corrected chi connectivity index (χ4v) is 3.41. The second-order valence-electron chi connectivity index (χ2n) is 7.40. The van der Waals surface area contributed by atoms with Gasteiger partial charge in [0.1, 0.15) is 0 Å². The molecular weight excluding hydrogens is 366 g/mol. The Kier molecular flexibility index (Phi) is 6.39. The molecule has 1 fully saturated rings. The van der Waals surface area contributed by atoms with Crippen molar-refractivity contribution >= 4 is 22.8 Å². The molecule has 2 aromatic rings. The number of hydrogen-bond donors (Lipinski definition) is 2. The molecule has 154 valence electrons. The molecule has 3 rings (SSSR count). The summed E-state index contributed by atoms with van der Waals surface area (Å²) in [6.07, 6.45) is 2.46. The largest absolute Gasteiger partial charge is 0.421 e. The van der Waals surface area contributed by atoms with E-state index in [1.807, 2.05) is 35.4 Å². The smallest absolute Gasteiger partial charge is 0.292 e. The lowest BCUT2D eigenvalue weighted by atomic mass is 10.1. The van der Waals surface area contributed by atoms with Crippen molar-refractivity contribution in [3.05, 3.63) is 60.6 Å². The van der Waals surface area contributed by atoms with Crippen LogP contribution in [0.1, 0.15) is 12.5 Å². The topological polar surface area (TPSA) is 73.0 Å². The summed E-state index contributed by atoms with van der Waals surface area (Å²) in [6.45, 7) is 12.4. The highest BCUT2D eigenvalue weighted by Gasteiger charge is 2.25. The van der Waals surface area contributed by atoms with Crippen molar-refractivity contribution in [2.45, 2.75) is 19.4 Å². The zero-order valence-electron chi connectivity index (χ0n) is 17.4. The third-order valence-corrected chi connectivity index (χ3v) is 5.26. The number of carbonyl (C=O) groups excluding carboxylic acids is 1. The number of carbonyl (C=O) groups is 1. The van der Waals surface area contributed by atoms with Crippen LogP contribution in [0, 0.1) is 0 Å². The van der Waals surface area contributed by atoms with Gasteiger partial charge >= 0.3 is 0 Å². The van der Waals surface area contributed by atoms with Gasteiger partial charge in [0.15, 0.2) is 5.76 Å². The lowest BCUT2D eigenvalue weighted by Crippen LogP contribution is -2.52. The maximum atomic E-state index is 12.5. The predicted octanol–water partition coefficient (Wildman–Crippen LogP) is 2.49. The summed E-state index contributed by atoms with van der Waals surface area (Å²) in [5, 5.41) is 3.89. The Balaban J connectivity index is 1.55. The van der Waals surface area contributed by atoms with Crippen LogP contribution in [0.25, 0.3) is 10.9 Å². The quantitative estimate of drug-likeness (QED) is 0.353. The number of benzene rings is 1. The van der Waals surface area contributed by atoms with E-state index < -0.39 is 5.91 Å². The second-order valence-corrected chi connectivity index (χ2v) is 7.40. The molecule has 7 heteroatoms. The number of nitrogens with zero attached hydrogens (tertiary/aromatic N) is 3. The first kappa shape index (κ1) is 20.7. The van der Waals surface area contributed by atoms with E-state index in [1.165, 1.54) is 0 Å². The fraction of sp³-hybridized carbons (Fsp3) is 0.364. The van der Waals surface area contributed by atoms with E-state index in [0.717, 1.165) is 36.1 Å². The van der Waals surface area contributed by atoms with Crippen molar-refractivity contribution in [2.24, 2.45) is 4.99 Å². The Labute approximate surface area is 171 Å². The number of aromatic nitrogens is 1. The van der Waals surface area contributed by atoms with Gasteiger partial charge in [0.05, 0.1) is 0 Å². The van der Waals surface area contributed by atoms with Crippen molar-refractivity contribution in [1.29, 1.82) is 0 Å². The number of aliphatic imine (C=N–C) groups is 1. The molecule has 29 heavy (non-hydrogen) atoms. The van der Waals surface area contributed by atoms with Crippen molar-refractivity contribution in [3.63, 3.8) is 0 Å². The minimum atomic E-state index is -0.418. The van der Waals surface area contributed by atoms with Crippen LogP contribution in [0.4, 0.5) is 0 Å². The van der Waals surface area contributed by atoms with Crippen LogP contribution in [-0.2, 0) is 16.0 Å². The third-order valence-electron chi connectivity index (χ3n) is 5.26. The molecule has 1 amide bonds. The standard InChI is InChI=1S/C22H29N5O2/c1-15(12-18-13-24-20-9-7-6-8-19(18)20)25-21(28)17(3)29-22(23-4)27-11-10-26(5)16(2)14-27/h6-9,13,16,24H,1,3,10-12,14H2,2,4-5H3,(H,25,28). The Hall–Kier alpha value is -3.06. The Morgan fingerprint density at radius 3 is 2.83 bits per heavy atom. The number of amidine groups is 1.